The molecule has 3 atom stereocenters. The standard InChI is InChI=1S/C58H100N8O16S/c1-44(67)45(41-50(70)58(2,3)4)25-20-22-36-60-55(74)42-82-39-38-81-37-23-27-46(68)31-32-48(56(75)76)62-54(73)34-33-49(57(77)78)61-53(72)29-19-16-21-35-59-52(71)30-24-40-83(79,80)43-47(69)26-17-14-12-10-8-6-5-7-9-11-13-15-18-28-51-63-65-66-64-51/h45,48-49H,5-43H2,1-4H3,(H,59,71)(H,60,74)(H,61,72)(H,62,73)(H,75,76)(H,77,78)(H,63,64,65,66)/t45-,48?,49?/m1/s1. The quantitative estimate of drug-likeness (QED) is 0.0356. The van der Waals surface area contributed by atoms with Crippen LogP contribution in [0.4, 0.5) is 0 Å². The lowest BCUT2D eigenvalue weighted by Crippen LogP contribution is -2.44. The van der Waals surface area contributed by atoms with Gasteiger partial charge in [0, 0.05) is 82.4 Å². The number of ether oxygens (including phenoxy) is 2. The van der Waals surface area contributed by atoms with E-state index in [9.17, 15) is 66.6 Å². The lowest BCUT2D eigenvalue weighted by molar-refractivity contribution is -0.143. The molecule has 25 heteroatoms. The molecule has 0 fully saturated rings. The predicted molar refractivity (Wildman–Crippen MR) is 310 cm³/mol. The van der Waals surface area contributed by atoms with E-state index in [4.69, 9.17) is 9.47 Å². The zero-order chi connectivity index (χ0) is 61.7. The highest BCUT2D eigenvalue weighted by molar-refractivity contribution is 7.92. The minimum Gasteiger partial charge on any atom is -0.480 e. The first-order valence-electron chi connectivity index (χ1n) is 30.2. The summed E-state index contributed by atoms with van der Waals surface area (Å²) in [5.74, 6) is -5.59. The van der Waals surface area contributed by atoms with Gasteiger partial charge in [-0.05, 0) is 71.1 Å². The maximum atomic E-state index is 12.6. The molecule has 0 radical (unpaired) electrons. The van der Waals surface area contributed by atoms with E-state index in [-0.39, 0.29) is 137 Å². The van der Waals surface area contributed by atoms with Gasteiger partial charge in [-0.2, -0.15) is 5.21 Å². The first-order chi connectivity index (χ1) is 39.5. The SMILES string of the molecule is CC(=O)[C@H](CCCCNC(=O)COCCOCCCC(=O)CCC(NC(=O)CCC(NC(=O)CCCCCNC(=O)CCCS(=O)(=O)CC(=O)CCCCCCCCCCCCCCCc1nn[nH]n1)C(=O)O)C(=O)O)CC(=O)C(C)(C)C. The third-order valence-corrected chi connectivity index (χ3v) is 15.7. The van der Waals surface area contributed by atoms with Crippen molar-refractivity contribution in [2.75, 3.05) is 51.0 Å². The van der Waals surface area contributed by atoms with E-state index in [1.165, 1.54) is 51.9 Å². The number of ketones is 4. The number of H-pyrrole nitrogens is 1. The van der Waals surface area contributed by atoms with Crippen LogP contribution >= 0.6 is 0 Å². The average molecular weight is 1200 g/mol. The molecule has 0 aromatic carbocycles. The molecular formula is C58H100N8O16S. The van der Waals surface area contributed by atoms with Crippen LogP contribution in [-0.4, -0.2) is 161 Å². The number of nitrogens with one attached hydrogen (secondary N) is 5. The van der Waals surface area contributed by atoms with E-state index >= 15 is 0 Å². The van der Waals surface area contributed by atoms with Crippen molar-refractivity contribution in [2.24, 2.45) is 11.3 Å². The van der Waals surface area contributed by atoms with E-state index in [0.717, 1.165) is 44.3 Å². The highest BCUT2D eigenvalue weighted by Gasteiger charge is 2.27. The molecule has 474 valence electrons. The summed E-state index contributed by atoms with van der Waals surface area (Å²) in [6.07, 6.45) is 18.5. The van der Waals surface area contributed by atoms with Gasteiger partial charge in [0.2, 0.25) is 23.6 Å². The summed E-state index contributed by atoms with van der Waals surface area (Å²) in [4.78, 5) is 122. The minimum absolute atomic E-state index is 0.0180. The number of unbranched alkanes of at least 4 members (excludes halogenated alkanes) is 15. The van der Waals surface area contributed by atoms with Gasteiger partial charge in [0.15, 0.2) is 15.7 Å². The molecule has 1 aromatic rings. The lowest BCUT2D eigenvalue weighted by Gasteiger charge is -2.20. The van der Waals surface area contributed by atoms with Crippen molar-refractivity contribution >= 4 is 68.5 Å². The molecule has 0 aliphatic carbocycles. The first-order valence-corrected chi connectivity index (χ1v) is 32.0. The fourth-order valence-corrected chi connectivity index (χ4v) is 10.2. The first kappa shape index (κ1) is 75.5. The number of aromatic amines is 1. The Kier molecular flexibility index (Phi) is 41.7. The number of hydrogen-bond donors (Lipinski definition) is 7. The Bertz CT molecular complexity index is 2190. The molecule has 24 nitrogen and oxygen atoms in total. The molecule has 0 aliphatic heterocycles. The molecule has 0 saturated heterocycles. The van der Waals surface area contributed by atoms with E-state index < -0.39 is 63.3 Å². The van der Waals surface area contributed by atoms with E-state index in [2.05, 4.69) is 41.9 Å². The Hall–Kier alpha value is -5.56. The maximum absolute atomic E-state index is 12.6. The molecule has 0 aliphatic rings. The molecule has 83 heavy (non-hydrogen) atoms. The summed E-state index contributed by atoms with van der Waals surface area (Å²) in [5, 5.41) is 43.4. The highest BCUT2D eigenvalue weighted by Crippen LogP contribution is 2.23. The molecule has 4 amide bonds. The predicted octanol–water partition coefficient (Wildman–Crippen LogP) is 6.22. The molecule has 0 saturated carbocycles. The number of aromatic nitrogens is 4. The number of aliphatic carboxylic acids is 2. The van der Waals surface area contributed by atoms with Gasteiger partial charge in [0.1, 0.15) is 47.6 Å². The third kappa shape index (κ3) is 42.8. The maximum Gasteiger partial charge on any atom is 0.326 e. The van der Waals surface area contributed by atoms with Crippen LogP contribution in [0.25, 0.3) is 0 Å². The number of carbonyl (C=O) groups excluding carboxylic acids is 8. The lowest BCUT2D eigenvalue weighted by atomic mass is 9.82. The van der Waals surface area contributed by atoms with Crippen molar-refractivity contribution in [3.8, 4) is 0 Å². The molecule has 0 spiro atoms. The number of rotatable bonds is 55. The van der Waals surface area contributed by atoms with Gasteiger partial charge in [-0.25, -0.2) is 18.0 Å². The number of carboxylic acid groups (broad SMARTS) is 2. The van der Waals surface area contributed by atoms with Gasteiger partial charge in [0.25, 0.3) is 0 Å². The van der Waals surface area contributed by atoms with Crippen LogP contribution in [0.3, 0.4) is 0 Å². The van der Waals surface area contributed by atoms with Gasteiger partial charge >= 0.3 is 11.9 Å². The second-order valence-corrected chi connectivity index (χ2v) is 24.8. The number of Topliss-reactive ketones (excluding diaryl/α,β-unsaturated/α-hetero) is 4. The number of sulfone groups is 1. The summed E-state index contributed by atoms with van der Waals surface area (Å²) in [5.41, 5.74) is -0.503. The molecule has 1 aromatic heterocycles. The van der Waals surface area contributed by atoms with Crippen molar-refractivity contribution in [1.82, 2.24) is 41.9 Å². The summed E-state index contributed by atoms with van der Waals surface area (Å²) in [6, 6.07) is -2.82. The number of amides is 4. The number of nitrogens with zero attached hydrogens (tertiary/aromatic N) is 3. The summed E-state index contributed by atoms with van der Waals surface area (Å²) in [7, 11) is -3.63. The molecular weight excluding hydrogens is 1100 g/mol. The summed E-state index contributed by atoms with van der Waals surface area (Å²) in [6.45, 7) is 8.03. The monoisotopic (exact) mass is 1200 g/mol. The Morgan fingerprint density at radius 2 is 1.05 bits per heavy atom. The van der Waals surface area contributed by atoms with E-state index in [1.54, 1.807) is 0 Å². The zero-order valence-corrected chi connectivity index (χ0v) is 51.0. The molecule has 2 unspecified atom stereocenters. The Morgan fingerprint density at radius 1 is 0.542 bits per heavy atom. The van der Waals surface area contributed by atoms with Crippen LogP contribution < -0.4 is 21.3 Å². The van der Waals surface area contributed by atoms with Crippen LogP contribution in [0.1, 0.15) is 226 Å². The zero-order valence-electron chi connectivity index (χ0n) is 50.2. The smallest absolute Gasteiger partial charge is 0.326 e. The number of carbonyl (C=O) groups is 10. The second kappa shape index (κ2) is 45.8. The van der Waals surface area contributed by atoms with Gasteiger partial charge in [0.05, 0.1) is 19.0 Å². The van der Waals surface area contributed by atoms with E-state index in [0.29, 0.717) is 57.9 Å². The Labute approximate surface area is 491 Å². The van der Waals surface area contributed by atoms with Crippen molar-refractivity contribution in [1.29, 1.82) is 0 Å². The normalized spacial score (nSPS) is 12.7. The average Bonchev–Trinajstić information content (AvgIpc) is 3.98. The highest BCUT2D eigenvalue weighted by atomic mass is 32.2. The molecule has 1 rings (SSSR count). The second-order valence-electron chi connectivity index (χ2n) is 22.7. The molecule has 7 N–H and O–H groups in total. The number of hydrogen-bond acceptors (Lipinski definition) is 17. The van der Waals surface area contributed by atoms with Crippen molar-refractivity contribution in [2.45, 2.75) is 239 Å². The van der Waals surface area contributed by atoms with Gasteiger partial charge < -0.3 is 41.0 Å². The number of aryl methyl sites for hydroxylation is 1. The summed E-state index contributed by atoms with van der Waals surface area (Å²) < 4.78 is 35.8. The van der Waals surface area contributed by atoms with Crippen LogP contribution in [0, 0.1) is 11.3 Å². The van der Waals surface area contributed by atoms with Crippen LogP contribution in [-0.2, 0) is 73.7 Å². The fourth-order valence-electron chi connectivity index (χ4n) is 8.87. The molecule has 0 bridgehead atoms. The van der Waals surface area contributed by atoms with Crippen molar-refractivity contribution in [3.63, 3.8) is 0 Å². The van der Waals surface area contributed by atoms with Crippen LogP contribution in [0.5, 0.6) is 0 Å². The summed E-state index contributed by atoms with van der Waals surface area (Å²) >= 11 is 0. The van der Waals surface area contributed by atoms with Crippen molar-refractivity contribution in [3.05, 3.63) is 5.82 Å². The number of carboxylic acids is 2. The van der Waals surface area contributed by atoms with Crippen LogP contribution in [0.2, 0.25) is 0 Å². The van der Waals surface area contributed by atoms with E-state index in [1.807, 2.05) is 20.8 Å². The number of tetrazole rings is 1. The molecule has 1 heterocycles. The van der Waals surface area contributed by atoms with Crippen molar-refractivity contribution < 1.29 is 76.0 Å². The third-order valence-electron chi connectivity index (χ3n) is 14.0. The Morgan fingerprint density at radius 3 is 1.63 bits per heavy atom. The topological polar surface area (TPSA) is 366 Å². The fraction of sp³-hybridized carbons (Fsp3) is 0.810. The van der Waals surface area contributed by atoms with Gasteiger partial charge in [-0.1, -0.05) is 109 Å². The van der Waals surface area contributed by atoms with Crippen LogP contribution in [0.15, 0.2) is 0 Å². The van der Waals surface area contributed by atoms with Gasteiger partial charge in [-0.15, -0.1) is 10.2 Å². The minimum atomic E-state index is -3.63. The Balaban J connectivity index is 2.10. The largest absolute Gasteiger partial charge is 0.480 e. The van der Waals surface area contributed by atoms with Gasteiger partial charge in [-0.3, -0.25) is 38.4 Å².